The van der Waals surface area contributed by atoms with E-state index in [1.165, 1.54) is 5.69 Å². The lowest BCUT2D eigenvalue weighted by Gasteiger charge is -2.47. The number of hydrogen-bond donors (Lipinski definition) is 0. The molecule has 0 aliphatic carbocycles. The minimum absolute atomic E-state index is 0.0547. The second kappa shape index (κ2) is 6.85. The van der Waals surface area contributed by atoms with E-state index in [4.69, 9.17) is 4.74 Å². The molecule has 1 fully saturated rings. The first kappa shape index (κ1) is 17.8. The number of fused-ring (bicyclic) bond motifs is 4. The molecule has 0 aromatic carbocycles. The number of nitrogens with zero attached hydrogens (tertiary/aromatic N) is 4. The van der Waals surface area contributed by atoms with Crippen LogP contribution in [0.4, 0.5) is 5.69 Å². The van der Waals surface area contributed by atoms with E-state index in [9.17, 15) is 4.79 Å². The molecule has 1 saturated heterocycles. The summed E-state index contributed by atoms with van der Waals surface area (Å²) in [6.07, 6.45) is 4.76. The zero-order chi connectivity index (χ0) is 19.0. The highest BCUT2D eigenvalue weighted by atomic mass is 16.5. The van der Waals surface area contributed by atoms with E-state index in [1.807, 2.05) is 31.0 Å². The van der Waals surface area contributed by atoms with Gasteiger partial charge in [-0.15, -0.1) is 0 Å². The maximum atomic E-state index is 12.6. The molecule has 1 amide bonds. The molecule has 0 bridgehead atoms. The molecule has 27 heavy (non-hydrogen) atoms. The summed E-state index contributed by atoms with van der Waals surface area (Å²) in [5, 5.41) is 0. The Morgan fingerprint density at radius 1 is 1.37 bits per heavy atom. The average Bonchev–Trinajstić information content (AvgIpc) is 3.31. The topological polar surface area (TPSA) is 50.6 Å². The number of amides is 1. The van der Waals surface area contributed by atoms with Gasteiger partial charge in [-0.2, -0.15) is 0 Å². The first-order chi connectivity index (χ1) is 13.1. The highest BCUT2D eigenvalue weighted by molar-refractivity contribution is 5.78. The molecule has 2 aliphatic heterocycles. The van der Waals surface area contributed by atoms with Crippen LogP contribution in [0.5, 0.6) is 0 Å². The van der Waals surface area contributed by atoms with Crippen LogP contribution < -0.4 is 4.90 Å². The van der Waals surface area contributed by atoms with Gasteiger partial charge in [0.1, 0.15) is 12.1 Å². The number of carbonyl (C=O) groups is 1. The van der Waals surface area contributed by atoms with Gasteiger partial charge in [-0.1, -0.05) is 12.2 Å². The molecule has 1 spiro atoms. The van der Waals surface area contributed by atoms with E-state index < -0.39 is 0 Å². The third kappa shape index (κ3) is 2.84. The molecule has 1 atom stereocenters. The van der Waals surface area contributed by atoms with Gasteiger partial charge in [-0.05, 0) is 44.5 Å². The second-order valence-electron chi connectivity index (χ2n) is 7.39. The van der Waals surface area contributed by atoms with Crippen LogP contribution in [-0.2, 0) is 15.1 Å². The summed E-state index contributed by atoms with van der Waals surface area (Å²) < 4.78 is 7.52. The van der Waals surface area contributed by atoms with Crippen LogP contribution in [0.15, 0.2) is 48.8 Å². The Kier molecular flexibility index (Phi) is 4.52. The normalized spacial score (nSPS) is 20.7. The molecule has 2 aliphatic rings. The van der Waals surface area contributed by atoms with Crippen molar-refractivity contribution in [3.63, 3.8) is 0 Å². The fraction of sp³-hybridized carbons (Fsp3) is 0.429. The summed E-state index contributed by atoms with van der Waals surface area (Å²) in [6, 6.07) is 8.30. The Morgan fingerprint density at radius 2 is 2.22 bits per heavy atom. The fourth-order valence-corrected chi connectivity index (χ4v) is 4.32. The van der Waals surface area contributed by atoms with E-state index >= 15 is 0 Å². The van der Waals surface area contributed by atoms with Crippen LogP contribution in [0, 0.1) is 0 Å². The standard InChI is InChI=1S/C21H26N4O2/c1-4-27-14-19(26)23-12-9-21(15-23)18-8-6-11-24(18)20-17(7-5-10-22-20)25(21)13-16(2)3/h5-8,10-11H,2,4,9,12-15H2,1,3H3. The molecular formula is C21H26N4O2. The number of pyridine rings is 1. The van der Waals surface area contributed by atoms with Crippen LogP contribution in [0.1, 0.15) is 26.0 Å². The maximum Gasteiger partial charge on any atom is 0.248 e. The third-order valence-corrected chi connectivity index (χ3v) is 5.49. The van der Waals surface area contributed by atoms with E-state index in [1.54, 1.807) is 0 Å². The molecule has 6 nitrogen and oxygen atoms in total. The van der Waals surface area contributed by atoms with Crippen molar-refractivity contribution in [3.8, 4) is 5.82 Å². The quantitative estimate of drug-likeness (QED) is 0.764. The molecule has 4 heterocycles. The van der Waals surface area contributed by atoms with Gasteiger partial charge in [0.25, 0.3) is 0 Å². The summed E-state index contributed by atoms with van der Waals surface area (Å²) in [4.78, 5) is 21.6. The molecule has 2 aromatic rings. The van der Waals surface area contributed by atoms with Crippen LogP contribution in [-0.4, -0.2) is 53.2 Å². The molecule has 142 valence electrons. The predicted octanol–water partition coefficient (Wildman–Crippen LogP) is 2.73. The number of hydrogen-bond acceptors (Lipinski definition) is 4. The highest BCUT2D eigenvalue weighted by Crippen LogP contribution is 2.47. The molecule has 0 radical (unpaired) electrons. The lowest BCUT2D eigenvalue weighted by atomic mass is 9.88. The monoisotopic (exact) mass is 366 g/mol. The first-order valence-corrected chi connectivity index (χ1v) is 9.47. The second-order valence-corrected chi connectivity index (χ2v) is 7.39. The molecular weight excluding hydrogens is 340 g/mol. The van der Waals surface area contributed by atoms with Crippen molar-refractivity contribution in [2.24, 2.45) is 0 Å². The SMILES string of the molecule is C=C(C)CN1c2cccnc2-n2cccc2C12CCN(C(=O)COCC)C2. The van der Waals surface area contributed by atoms with Gasteiger partial charge in [0.15, 0.2) is 5.82 Å². The number of likely N-dealkylation sites (tertiary alicyclic amines) is 1. The van der Waals surface area contributed by atoms with Gasteiger partial charge in [0.2, 0.25) is 5.91 Å². The van der Waals surface area contributed by atoms with Crippen molar-refractivity contribution in [2.75, 3.05) is 37.7 Å². The fourth-order valence-electron chi connectivity index (χ4n) is 4.32. The molecule has 0 saturated carbocycles. The number of carbonyl (C=O) groups excluding carboxylic acids is 1. The van der Waals surface area contributed by atoms with Crippen molar-refractivity contribution in [3.05, 3.63) is 54.5 Å². The first-order valence-electron chi connectivity index (χ1n) is 9.47. The van der Waals surface area contributed by atoms with Gasteiger partial charge in [-0.25, -0.2) is 4.98 Å². The minimum Gasteiger partial charge on any atom is -0.372 e. The van der Waals surface area contributed by atoms with Crippen LogP contribution in [0.2, 0.25) is 0 Å². The number of aromatic nitrogens is 2. The zero-order valence-electron chi connectivity index (χ0n) is 16.0. The third-order valence-electron chi connectivity index (χ3n) is 5.49. The summed E-state index contributed by atoms with van der Waals surface area (Å²) in [6.45, 7) is 10.9. The van der Waals surface area contributed by atoms with Crippen LogP contribution in [0.25, 0.3) is 5.82 Å². The smallest absolute Gasteiger partial charge is 0.248 e. The van der Waals surface area contributed by atoms with Gasteiger partial charge >= 0.3 is 0 Å². The van der Waals surface area contributed by atoms with Crippen molar-refractivity contribution in [1.82, 2.24) is 14.5 Å². The van der Waals surface area contributed by atoms with E-state index in [0.717, 1.165) is 36.6 Å². The molecule has 6 heteroatoms. The van der Waals surface area contributed by atoms with Gasteiger partial charge in [-0.3, -0.25) is 4.79 Å². The lowest BCUT2D eigenvalue weighted by Crippen LogP contribution is -2.53. The predicted molar refractivity (Wildman–Crippen MR) is 105 cm³/mol. The van der Waals surface area contributed by atoms with Crippen molar-refractivity contribution in [2.45, 2.75) is 25.8 Å². The van der Waals surface area contributed by atoms with Gasteiger partial charge < -0.3 is 19.1 Å². The van der Waals surface area contributed by atoms with E-state index in [0.29, 0.717) is 13.2 Å². The van der Waals surface area contributed by atoms with Crippen LogP contribution >= 0.6 is 0 Å². The number of rotatable bonds is 5. The van der Waals surface area contributed by atoms with E-state index in [2.05, 4.69) is 45.4 Å². The Labute approximate surface area is 160 Å². The summed E-state index contributed by atoms with van der Waals surface area (Å²) in [5.41, 5.74) is 3.08. The number of anilines is 1. The van der Waals surface area contributed by atoms with E-state index in [-0.39, 0.29) is 18.1 Å². The average molecular weight is 366 g/mol. The summed E-state index contributed by atoms with van der Waals surface area (Å²) in [7, 11) is 0. The van der Waals surface area contributed by atoms with Crippen LogP contribution in [0.3, 0.4) is 0 Å². The van der Waals surface area contributed by atoms with Gasteiger partial charge in [0.05, 0.1) is 11.4 Å². The zero-order valence-corrected chi connectivity index (χ0v) is 16.0. The number of ether oxygens (including phenoxy) is 1. The molecule has 4 rings (SSSR count). The Bertz CT molecular complexity index is 875. The Hall–Kier alpha value is -2.60. The summed E-state index contributed by atoms with van der Waals surface area (Å²) >= 11 is 0. The Morgan fingerprint density at radius 3 is 3.00 bits per heavy atom. The molecule has 0 N–H and O–H groups in total. The molecule has 2 aromatic heterocycles. The highest BCUT2D eigenvalue weighted by Gasteiger charge is 2.50. The summed E-state index contributed by atoms with van der Waals surface area (Å²) in [5.74, 6) is 0.988. The largest absolute Gasteiger partial charge is 0.372 e. The maximum absolute atomic E-state index is 12.6. The Balaban J connectivity index is 1.77. The van der Waals surface area contributed by atoms with Crippen molar-refractivity contribution >= 4 is 11.6 Å². The molecule has 1 unspecified atom stereocenters. The van der Waals surface area contributed by atoms with Crippen molar-refractivity contribution < 1.29 is 9.53 Å². The van der Waals surface area contributed by atoms with Gasteiger partial charge in [0, 0.05) is 38.6 Å². The van der Waals surface area contributed by atoms with Crippen molar-refractivity contribution in [1.29, 1.82) is 0 Å². The minimum atomic E-state index is -0.277. The lowest BCUT2D eigenvalue weighted by molar-refractivity contribution is -0.135.